The smallest absolute Gasteiger partial charge is 0.308 e. The molecule has 0 atom stereocenters. The fraction of sp³-hybridized carbons (Fsp3) is 0.176. The van der Waals surface area contributed by atoms with Gasteiger partial charge >= 0.3 is 5.97 Å². The molecule has 4 nitrogen and oxygen atoms in total. The van der Waals surface area contributed by atoms with Crippen molar-refractivity contribution in [3.63, 3.8) is 0 Å². The van der Waals surface area contributed by atoms with E-state index in [-0.39, 0.29) is 18.0 Å². The highest BCUT2D eigenvalue weighted by Crippen LogP contribution is 2.26. The molecule has 0 aliphatic rings. The van der Waals surface area contributed by atoms with E-state index in [1.54, 1.807) is 18.2 Å². The summed E-state index contributed by atoms with van der Waals surface area (Å²) in [5, 5.41) is 0. The lowest BCUT2D eigenvalue weighted by Crippen LogP contribution is -2.10. The molecule has 2 aromatic rings. The van der Waals surface area contributed by atoms with Gasteiger partial charge in [-0.1, -0.05) is 30.3 Å². The summed E-state index contributed by atoms with van der Waals surface area (Å²) in [6, 6.07) is 14.2. The number of carbonyl (C=O) groups excluding carboxylic acids is 2. The van der Waals surface area contributed by atoms with Crippen LogP contribution in [0.2, 0.25) is 0 Å². The number of methoxy groups -OCH3 is 1. The summed E-state index contributed by atoms with van der Waals surface area (Å²) in [6.07, 6.45) is 0.251. The summed E-state index contributed by atoms with van der Waals surface area (Å²) >= 11 is 0. The third kappa shape index (κ3) is 3.92. The molecule has 0 amide bonds. The molecule has 0 saturated heterocycles. The molecule has 2 aromatic carbocycles. The molecule has 0 heterocycles. The van der Waals surface area contributed by atoms with Crippen LogP contribution in [0.5, 0.6) is 11.5 Å². The summed E-state index contributed by atoms with van der Waals surface area (Å²) in [5.41, 5.74) is 1.28. The summed E-state index contributed by atoms with van der Waals surface area (Å²) in [5.74, 6) is 0.169. The van der Waals surface area contributed by atoms with Crippen molar-refractivity contribution in [2.45, 2.75) is 13.3 Å². The number of ether oxygens (including phenoxy) is 2. The Morgan fingerprint density at radius 1 is 1.05 bits per heavy atom. The van der Waals surface area contributed by atoms with Gasteiger partial charge in [0.1, 0.15) is 11.5 Å². The molecule has 4 heteroatoms. The number of benzene rings is 2. The van der Waals surface area contributed by atoms with E-state index in [2.05, 4.69) is 0 Å². The van der Waals surface area contributed by atoms with Gasteiger partial charge in [-0.25, -0.2) is 0 Å². The highest BCUT2D eigenvalue weighted by Gasteiger charge is 2.15. The summed E-state index contributed by atoms with van der Waals surface area (Å²) in [6.45, 7) is 1.30. The molecule has 0 aliphatic carbocycles. The SMILES string of the molecule is COc1ccc(C(=O)Cc2ccccc2)c(OC(C)=O)c1. The van der Waals surface area contributed by atoms with Crippen LogP contribution in [0.4, 0.5) is 0 Å². The first kappa shape index (κ1) is 14.8. The van der Waals surface area contributed by atoms with Crippen molar-refractivity contribution in [2.75, 3.05) is 7.11 Å². The molecular formula is C17H16O4. The van der Waals surface area contributed by atoms with Crippen LogP contribution in [0, 0.1) is 0 Å². The summed E-state index contributed by atoms with van der Waals surface area (Å²) in [7, 11) is 1.51. The minimum Gasteiger partial charge on any atom is -0.497 e. The average Bonchev–Trinajstić information content (AvgIpc) is 2.47. The van der Waals surface area contributed by atoms with Gasteiger partial charge in [0.25, 0.3) is 0 Å². The average molecular weight is 284 g/mol. The Morgan fingerprint density at radius 2 is 1.76 bits per heavy atom. The van der Waals surface area contributed by atoms with Gasteiger partial charge in [0.2, 0.25) is 0 Å². The molecule has 108 valence electrons. The number of ketones is 1. The van der Waals surface area contributed by atoms with Crippen molar-refractivity contribution < 1.29 is 19.1 Å². The Hall–Kier alpha value is -2.62. The molecule has 0 N–H and O–H groups in total. The maximum Gasteiger partial charge on any atom is 0.308 e. The molecule has 0 bridgehead atoms. The zero-order valence-corrected chi connectivity index (χ0v) is 12.0. The van der Waals surface area contributed by atoms with Gasteiger partial charge < -0.3 is 9.47 Å². The third-order valence-corrected chi connectivity index (χ3v) is 2.95. The maximum atomic E-state index is 12.4. The maximum absolute atomic E-state index is 12.4. The van der Waals surface area contributed by atoms with Gasteiger partial charge in [-0.05, 0) is 17.7 Å². The predicted molar refractivity (Wildman–Crippen MR) is 78.8 cm³/mol. The van der Waals surface area contributed by atoms with E-state index in [0.717, 1.165) is 5.56 Å². The largest absolute Gasteiger partial charge is 0.497 e. The first-order valence-corrected chi connectivity index (χ1v) is 6.53. The lowest BCUT2D eigenvalue weighted by Gasteiger charge is -2.10. The van der Waals surface area contributed by atoms with Gasteiger partial charge in [0.05, 0.1) is 12.7 Å². The number of esters is 1. The van der Waals surface area contributed by atoms with Crippen molar-refractivity contribution in [3.8, 4) is 11.5 Å². The predicted octanol–water partition coefficient (Wildman–Crippen LogP) is 3.05. The van der Waals surface area contributed by atoms with E-state index in [4.69, 9.17) is 9.47 Å². The molecule has 0 fully saturated rings. The molecule has 0 aromatic heterocycles. The lowest BCUT2D eigenvalue weighted by molar-refractivity contribution is -0.131. The molecule has 0 aliphatic heterocycles. The van der Waals surface area contributed by atoms with Crippen molar-refractivity contribution in [2.24, 2.45) is 0 Å². The first-order chi connectivity index (χ1) is 10.1. The highest BCUT2D eigenvalue weighted by molar-refractivity contribution is 6.00. The standard InChI is InChI=1S/C17H16O4/c1-12(18)21-17-11-14(20-2)8-9-15(17)16(19)10-13-6-4-3-5-7-13/h3-9,11H,10H2,1-2H3. The van der Waals surface area contributed by atoms with Gasteiger partial charge in [-0.15, -0.1) is 0 Å². The quantitative estimate of drug-likeness (QED) is 0.481. The minimum absolute atomic E-state index is 0.111. The van der Waals surface area contributed by atoms with Crippen LogP contribution in [0.15, 0.2) is 48.5 Å². The van der Waals surface area contributed by atoms with E-state index in [0.29, 0.717) is 11.3 Å². The molecule has 0 spiro atoms. The number of hydrogen-bond acceptors (Lipinski definition) is 4. The lowest BCUT2D eigenvalue weighted by atomic mass is 10.0. The van der Waals surface area contributed by atoms with E-state index in [1.807, 2.05) is 30.3 Å². The Labute approximate surface area is 123 Å². The van der Waals surface area contributed by atoms with E-state index < -0.39 is 5.97 Å². The van der Waals surface area contributed by atoms with Gasteiger partial charge in [-0.2, -0.15) is 0 Å². The summed E-state index contributed by atoms with van der Waals surface area (Å²) < 4.78 is 10.2. The van der Waals surface area contributed by atoms with Crippen LogP contribution in [-0.4, -0.2) is 18.9 Å². The Kier molecular flexibility index (Phi) is 4.72. The monoisotopic (exact) mass is 284 g/mol. The zero-order chi connectivity index (χ0) is 15.2. The Balaban J connectivity index is 2.29. The van der Waals surface area contributed by atoms with Crippen LogP contribution < -0.4 is 9.47 Å². The van der Waals surface area contributed by atoms with Crippen LogP contribution in [0.3, 0.4) is 0 Å². The van der Waals surface area contributed by atoms with Crippen molar-refractivity contribution in [1.29, 1.82) is 0 Å². The fourth-order valence-corrected chi connectivity index (χ4v) is 1.98. The van der Waals surface area contributed by atoms with E-state index >= 15 is 0 Å². The van der Waals surface area contributed by atoms with Crippen molar-refractivity contribution in [1.82, 2.24) is 0 Å². The van der Waals surface area contributed by atoms with Gasteiger partial charge in [0, 0.05) is 19.4 Å². The second-order valence-corrected chi connectivity index (χ2v) is 4.54. The van der Waals surface area contributed by atoms with E-state index in [1.165, 1.54) is 14.0 Å². The summed E-state index contributed by atoms with van der Waals surface area (Å²) in [4.78, 5) is 23.6. The van der Waals surface area contributed by atoms with Crippen molar-refractivity contribution >= 4 is 11.8 Å². The number of carbonyl (C=O) groups is 2. The fourth-order valence-electron chi connectivity index (χ4n) is 1.98. The number of Topliss-reactive ketones (excluding diaryl/α,β-unsaturated/α-hetero) is 1. The van der Waals surface area contributed by atoms with Crippen LogP contribution >= 0.6 is 0 Å². The highest BCUT2D eigenvalue weighted by atomic mass is 16.5. The van der Waals surface area contributed by atoms with Gasteiger partial charge in [-0.3, -0.25) is 9.59 Å². The molecule has 0 radical (unpaired) electrons. The second kappa shape index (κ2) is 6.70. The molecule has 2 rings (SSSR count). The van der Waals surface area contributed by atoms with Crippen LogP contribution in [0.25, 0.3) is 0 Å². The molecular weight excluding hydrogens is 268 g/mol. The van der Waals surface area contributed by atoms with Crippen LogP contribution in [-0.2, 0) is 11.2 Å². The Morgan fingerprint density at radius 3 is 2.38 bits per heavy atom. The zero-order valence-electron chi connectivity index (χ0n) is 12.0. The first-order valence-electron chi connectivity index (χ1n) is 6.53. The minimum atomic E-state index is -0.475. The topological polar surface area (TPSA) is 52.6 Å². The molecule has 0 unspecified atom stereocenters. The van der Waals surface area contributed by atoms with Gasteiger partial charge in [0.15, 0.2) is 5.78 Å². The molecule has 0 saturated carbocycles. The third-order valence-electron chi connectivity index (χ3n) is 2.95. The second-order valence-electron chi connectivity index (χ2n) is 4.54. The molecule has 21 heavy (non-hydrogen) atoms. The van der Waals surface area contributed by atoms with E-state index in [9.17, 15) is 9.59 Å². The Bertz CT molecular complexity index is 647. The van der Waals surface area contributed by atoms with Crippen molar-refractivity contribution in [3.05, 3.63) is 59.7 Å². The number of hydrogen-bond donors (Lipinski definition) is 0. The normalized spacial score (nSPS) is 10.0. The number of rotatable bonds is 5. The van der Waals surface area contributed by atoms with Crippen LogP contribution in [0.1, 0.15) is 22.8 Å².